The first-order valence-corrected chi connectivity index (χ1v) is 16.8. The molecule has 0 spiro atoms. The van der Waals surface area contributed by atoms with Gasteiger partial charge in [-0.1, -0.05) is 6.42 Å². The number of nitrogens with two attached hydrogens (primary N) is 1. The average Bonchev–Trinajstić information content (AvgIpc) is 3.78. The topological polar surface area (TPSA) is 258 Å². The summed E-state index contributed by atoms with van der Waals surface area (Å²) in [5.74, 6) is -0.487. The van der Waals surface area contributed by atoms with Crippen LogP contribution >= 0.6 is 24.2 Å². The van der Waals surface area contributed by atoms with Gasteiger partial charge >= 0.3 is 28.2 Å². The maximum absolute atomic E-state index is 12.9. The number of aliphatic carboxylic acids is 1. The number of nitrogens with zero attached hydrogens (tertiary/aromatic N) is 4. The van der Waals surface area contributed by atoms with E-state index < -0.39 is 58.2 Å². The molecule has 262 valence electrons. The molecule has 48 heavy (non-hydrogen) atoms. The predicted molar refractivity (Wildman–Crippen MR) is 170 cm³/mol. The second-order valence-corrected chi connectivity index (χ2v) is 13.6. The van der Waals surface area contributed by atoms with Crippen LogP contribution in [0.2, 0.25) is 0 Å². The highest BCUT2D eigenvalue weighted by Gasteiger charge is 2.45. The summed E-state index contributed by atoms with van der Waals surface area (Å²) >= 11 is 1.87. The first kappa shape index (κ1) is 37.0. The van der Waals surface area contributed by atoms with E-state index in [4.69, 9.17) is 20.3 Å². The number of carboxylic acids is 1. The van der Waals surface area contributed by atoms with Gasteiger partial charge in [-0.05, 0) is 37.1 Å². The number of urea groups is 1. The highest BCUT2D eigenvalue weighted by atomic mass is 35.5. The molecular formula is C27H33ClFN7O10S2. The van der Waals surface area contributed by atoms with Crippen LogP contribution in [0.15, 0.2) is 41.8 Å². The minimum atomic E-state index is -4.89. The molecule has 0 radical (unpaired) electrons. The van der Waals surface area contributed by atoms with Gasteiger partial charge in [-0.3, -0.25) is 9.36 Å². The number of hydrogen-bond donors (Lipinski definition) is 6. The summed E-state index contributed by atoms with van der Waals surface area (Å²) in [7, 11) is -4.89. The van der Waals surface area contributed by atoms with Crippen molar-refractivity contribution in [1.82, 2.24) is 30.2 Å². The van der Waals surface area contributed by atoms with Gasteiger partial charge in [0.1, 0.15) is 36.8 Å². The summed E-state index contributed by atoms with van der Waals surface area (Å²) in [4.78, 5) is 45.0. The van der Waals surface area contributed by atoms with Crippen LogP contribution in [0, 0.1) is 0 Å². The van der Waals surface area contributed by atoms with E-state index in [0.29, 0.717) is 10.8 Å². The van der Waals surface area contributed by atoms with Gasteiger partial charge < -0.3 is 41.2 Å². The molecule has 7 N–H and O–H groups in total. The zero-order valence-electron chi connectivity index (χ0n) is 24.9. The number of imidazole rings is 1. The fourth-order valence-electron chi connectivity index (χ4n) is 5.41. The van der Waals surface area contributed by atoms with Crippen LogP contribution in [0.3, 0.4) is 0 Å². The van der Waals surface area contributed by atoms with Gasteiger partial charge in [0.2, 0.25) is 0 Å². The normalized spacial score (nSPS) is 26.1. The quantitative estimate of drug-likeness (QED) is 0.0728. The Morgan fingerprint density at radius 2 is 1.85 bits per heavy atom. The number of nitrogens with one attached hydrogen (secondary N) is 2. The molecule has 3 saturated heterocycles. The Hall–Kier alpha value is -3.82. The van der Waals surface area contributed by atoms with Crippen LogP contribution in [-0.2, 0) is 24.5 Å². The number of ether oxygens (including phenoxy) is 2. The third-order valence-corrected chi connectivity index (χ3v) is 10.2. The number of rotatable bonds is 10. The molecule has 0 bridgehead atoms. The first-order chi connectivity index (χ1) is 22.3. The summed E-state index contributed by atoms with van der Waals surface area (Å²) in [6, 6.07) is 4.45. The van der Waals surface area contributed by atoms with E-state index in [2.05, 4.69) is 25.6 Å². The molecule has 1 aromatic carbocycles. The number of hydrogen-bond acceptors (Lipinski definition) is 14. The van der Waals surface area contributed by atoms with Crippen LogP contribution in [0.1, 0.15) is 42.3 Å². The Bertz CT molecular complexity index is 1740. The molecular weight excluding hydrogens is 701 g/mol. The monoisotopic (exact) mass is 733 g/mol. The minimum Gasteiger partial charge on any atom is -0.481 e. The van der Waals surface area contributed by atoms with Gasteiger partial charge in [0.15, 0.2) is 17.7 Å². The smallest absolute Gasteiger partial charge is 0.338 e. The lowest BCUT2D eigenvalue weighted by molar-refractivity contribution is -0.137. The molecule has 5 heterocycles. The van der Waals surface area contributed by atoms with Crippen LogP contribution in [0.5, 0.6) is 0 Å². The van der Waals surface area contributed by atoms with Crippen LogP contribution in [-0.4, -0.2) is 109 Å². The average molecular weight is 734 g/mol. The Morgan fingerprint density at radius 1 is 1.12 bits per heavy atom. The van der Waals surface area contributed by atoms with Gasteiger partial charge in [-0.15, -0.1) is 16.3 Å². The first-order valence-electron chi connectivity index (χ1n) is 14.4. The summed E-state index contributed by atoms with van der Waals surface area (Å²) in [6.45, 7) is -0.416. The Balaban J connectivity index is 0.000000258. The van der Waals surface area contributed by atoms with Crippen molar-refractivity contribution in [2.24, 2.45) is 0 Å². The van der Waals surface area contributed by atoms with E-state index in [-0.39, 0.29) is 54.0 Å². The number of amides is 2. The number of benzene rings is 1. The minimum absolute atomic E-state index is 0. The largest absolute Gasteiger partial charge is 0.481 e. The number of unbranched alkanes of at least 4 members (excludes halogenated alkanes) is 1. The highest BCUT2D eigenvalue weighted by molar-refractivity contribution is 8.00. The molecule has 3 aliphatic heterocycles. The second-order valence-electron chi connectivity index (χ2n) is 11.0. The number of carboxylic acid groups (broad SMARTS) is 1. The molecule has 3 aliphatic rings. The molecule has 7 atom stereocenters. The van der Waals surface area contributed by atoms with Crippen LogP contribution in [0.25, 0.3) is 11.2 Å². The van der Waals surface area contributed by atoms with E-state index in [1.165, 1.54) is 17.2 Å². The Labute approximate surface area is 283 Å². The van der Waals surface area contributed by atoms with E-state index in [1.807, 2.05) is 11.8 Å². The van der Waals surface area contributed by atoms with E-state index in [9.17, 15) is 36.9 Å². The summed E-state index contributed by atoms with van der Waals surface area (Å²) < 4.78 is 46.7. The highest BCUT2D eigenvalue weighted by Crippen LogP contribution is 2.34. The molecule has 2 aromatic heterocycles. The number of halogens is 2. The Morgan fingerprint density at radius 3 is 2.54 bits per heavy atom. The number of fused-ring (bicyclic) bond motifs is 2. The number of anilines is 1. The lowest BCUT2D eigenvalue weighted by Gasteiger charge is -2.16. The molecule has 21 heteroatoms. The molecule has 3 aromatic rings. The third kappa shape index (κ3) is 8.42. The summed E-state index contributed by atoms with van der Waals surface area (Å²) in [5.41, 5.74) is 6.27. The van der Waals surface area contributed by atoms with Crippen molar-refractivity contribution < 1.29 is 51.5 Å². The molecule has 0 unspecified atom stereocenters. The van der Waals surface area contributed by atoms with E-state index in [1.54, 1.807) is 0 Å². The molecule has 0 aliphatic carbocycles. The van der Waals surface area contributed by atoms with E-state index >= 15 is 0 Å². The van der Waals surface area contributed by atoms with Crippen molar-refractivity contribution in [2.45, 2.75) is 72.5 Å². The van der Waals surface area contributed by atoms with Gasteiger partial charge in [-0.25, -0.2) is 24.5 Å². The fraction of sp³-hybridized carbons (Fsp3) is 0.481. The lowest BCUT2D eigenvalue weighted by atomic mass is 10.0. The summed E-state index contributed by atoms with van der Waals surface area (Å²) in [6.07, 6.45) is 0.487. The molecule has 2 amide bonds. The third-order valence-electron chi connectivity index (χ3n) is 7.82. The van der Waals surface area contributed by atoms with Gasteiger partial charge in [0.25, 0.3) is 0 Å². The molecule has 0 saturated carbocycles. The van der Waals surface area contributed by atoms with Crippen molar-refractivity contribution in [3.63, 3.8) is 0 Å². The molecule has 17 nitrogen and oxygen atoms in total. The maximum atomic E-state index is 12.9. The van der Waals surface area contributed by atoms with E-state index in [0.717, 1.165) is 49.3 Å². The lowest BCUT2D eigenvalue weighted by Crippen LogP contribution is -2.36. The number of carbonyl (C=O) groups excluding carboxylic acids is 2. The van der Waals surface area contributed by atoms with Gasteiger partial charge in [-0.2, -0.15) is 20.2 Å². The van der Waals surface area contributed by atoms with Crippen LogP contribution < -0.4 is 16.4 Å². The predicted octanol–water partition coefficient (Wildman–Crippen LogP) is 0.761. The zero-order valence-corrected chi connectivity index (χ0v) is 27.4. The van der Waals surface area contributed by atoms with Crippen molar-refractivity contribution in [2.75, 3.05) is 18.1 Å². The van der Waals surface area contributed by atoms with Crippen molar-refractivity contribution >= 4 is 69.3 Å². The van der Waals surface area contributed by atoms with Crippen molar-refractivity contribution in [1.29, 1.82) is 0 Å². The molecule has 6 rings (SSSR count). The Kier molecular flexibility index (Phi) is 12.0. The standard InChI is InChI=1S/C17H16FN5O7S.C10H16N2O3S.ClH/c18-31(27,28)9-3-1-8(2-4-9)17(26)29-5-10-12(24)13(25)16(30-10)23-7-22-11-14(19)20-6-21-15(11)23;13-8(14)4-2-1-3-7-9-6(5-16-7)11-10(15)12-9;/h1-4,6-7,10,12-13,16,24-25H,5H2,(H2,19,20,21);6-7,9H,1-5H2,(H,13,14)(H2,11,12,15);1H/t10-,12-,13-,16-;6-,7-,9-;/m10./s1. The molecule has 3 fully saturated rings. The fourth-order valence-corrected chi connectivity index (χ4v) is 7.42. The maximum Gasteiger partial charge on any atom is 0.338 e. The zero-order chi connectivity index (χ0) is 33.9. The number of carbonyl (C=O) groups is 3. The number of nitrogen functional groups attached to an aromatic ring is 1. The van der Waals surface area contributed by atoms with Crippen molar-refractivity contribution in [3.05, 3.63) is 42.5 Å². The number of aliphatic hydroxyl groups excluding tert-OH is 2. The number of aliphatic hydroxyl groups is 2. The van der Waals surface area contributed by atoms with Crippen LogP contribution in [0.4, 0.5) is 14.5 Å². The second kappa shape index (κ2) is 15.6. The van der Waals surface area contributed by atoms with Crippen molar-refractivity contribution in [3.8, 4) is 0 Å². The van der Waals surface area contributed by atoms with Gasteiger partial charge in [0, 0.05) is 17.4 Å². The number of esters is 1. The SMILES string of the molecule is Cl.Nc1ncnc2c1ncn2[C@@H]1O[C@H](COC(=O)c2ccc(S(=O)(=O)F)cc2)[C@@H](O)[C@H]1O.O=C(O)CCCC[C@@H]1SC[C@@H]2NC(=O)N[C@@H]21. The number of thioether (sulfide) groups is 1. The summed E-state index contributed by atoms with van der Waals surface area (Å²) in [5, 5.41) is 35.5. The number of aromatic nitrogens is 4. The van der Waals surface area contributed by atoms with Gasteiger partial charge in [0.05, 0.1) is 28.9 Å².